The van der Waals surface area contributed by atoms with E-state index in [2.05, 4.69) is 10.3 Å². The second-order valence-corrected chi connectivity index (χ2v) is 5.91. The fourth-order valence-corrected chi connectivity index (χ4v) is 3.03. The van der Waals surface area contributed by atoms with Crippen LogP contribution in [0.5, 0.6) is 0 Å². The summed E-state index contributed by atoms with van der Waals surface area (Å²) in [6.07, 6.45) is -1.10. The zero-order valence-corrected chi connectivity index (χ0v) is 12.9. The van der Waals surface area contributed by atoms with E-state index in [-0.39, 0.29) is 22.7 Å². The van der Waals surface area contributed by atoms with Gasteiger partial charge in [-0.2, -0.15) is 13.2 Å². The summed E-state index contributed by atoms with van der Waals surface area (Å²) in [5.41, 5.74) is -3.35. The van der Waals surface area contributed by atoms with Crippen LogP contribution in [0.15, 0.2) is 47.1 Å². The first-order valence-corrected chi connectivity index (χ1v) is 7.27. The lowest BCUT2D eigenvalue weighted by Gasteiger charge is -2.44. The Balaban J connectivity index is 2.39. The number of aliphatic imine (C=N–C) groups is 1. The van der Waals surface area contributed by atoms with Gasteiger partial charge in [0.2, 0.25) is 0 Å². The Morgan fingerprint density at radius 2 is 2.00 bits per heavy atom. The van der Waals surface area contributed by atoms with Crippen molar-refractivity contribution in [1.82, 2.24) is 10.4 Å². The van der Waals surface area contributed by atoms with Crippen LogP contribution in [0.1, 0.15) is 19.4 Å². The first kappa shape index (κ1) is 16.7. The van der Waals surface area contributed by atoms with Gasteiger partial charge in [-0.3, -0.25) is 10.5 Å². The third-order valence-electron chi connectivity index (χ3n) is 3.87. The van der Waals surface area contributed by atoms with Crippen molar-refractivity contribution in [3.8, 4) is 0 Å². The molecule has 8 heteroatoms. The molecule has 0 aliphatic carbocycles. The average molecular weight is 341 g/mol. The van der Waals surface area contributed by atoms with Crippen molar-refractivity contribution in [2.75, 3.05) is 0 Å². The summed E-state index contributed by atoms with van der Waals surface area (Å²) in [7, 11) is 0. The number of nitrogens with one attached hydrogen (secondary N) is 1. The molecule has 0 aromatic heterocycles. The molecule has 2 heterocycles. The number of benzene rings is 1. The lowest BCUT2D eigenvalue weighted by molar-refractivity contribution is -0.189. The van der Waals surface area contributed by atoms with E-state index in [1.807, 2.05) is 0 Å². The van der Waals surface area contributed by atoms with Crippen molar-refractivity contribution >= 4 is 11.5 Å². The van der Waals surface area contributed by atoms with Gasteiger partial charge in [0.1, 0.15) is 5.82 Å². The van der Waals surface area contributed by atoms with Gasteiger partial charge in [-0.25, -0.2) is 14.4 Å². The fraction of sp³-hybridized carbons (Fsp3) is 0.312. The van der Waals surface area contributed by atoms with E-state index in [9.17, 15) is 22.8 Å². The summed E-state index contributed by atoms with van der Waals surface area (Å²) in [6.45, 7) is 3.13. The molecule has 1 unspecified atom stereocenters. The molecule has 2 aliphatic heterocycles. The maximum Gasteiger partial charge on any atom is 0.415 e. The van der Waals surface area contributed by atoms with E-state index < -0.39 is 23.6 Å². The molecule has 2 aliphatic rings. The number of halogens is 4. The Bertz CT molecular complexity index is 767. The topological polar surface area (TPSA) is 47.9 Å². The number of alkyl halides is 3. The Morgan fingerprint density at radius 1 is 1.29 bits per heavy atom. The van der Waals surface area contributed by atoms with Crippen molar-refractivity contribution in [2.24, 2.45) is 4.99 Å². The van der Waals surface area contributed by atoms with Crippen LogP contribution >= 0.6 is 0 Å². The summed E-state index contributed by atoms with van der Waals surface area (Å²) in [6, 6.07) is 2.47. The molecule has 1 aromatic rings. The Labute approximate surface area is 135 Å². The van der Waals surface area contributed by atoms with E-state index in [4.69, 9.17) is 0 Å². The van der Waals surface area contributed by atoms with Gasteiger partial charge in [0.15, 0.2) is 11.4 Å². The number of hydrogen-bond donors (Lipinski definition) is 2. The normalized spacial score (nSPS) is 22.9. The number of amidine groups is 1. The molecule has 0 fully saturated rings. The molecule has 24 heavy (non-hydrogen) atoms. The lowest BCUT2D eigenvalue weighted by Crippen LogP contribution is -2.61. The molecule has 4 nitrogen and oxygen atoms in total. The maximum absolute atomic E-state index is 14.3. The van der Waals surface area contributed by atoms with Gasteiger partial charge in [0.25, 0.3) is 0 Å². The number of allylic oxidation sites excluding steroid dienone is 2. The predicted octanol–water partition coefficient (Wildman–Crippen LogP) is 3.77. The van der Waals surface area contributed by atoms with Crippen LogP contribution < -0.4 is 5.32 Å². The van der Waals surface area contributed by atoms with Crippen molar-refractivity contribution in [3.05, 3.63) is 53.5 Å². The van der Waals surface area contributed by atoms with E-state index >= 15 is 0 Å². The number of nitrogens with zero attached hydrogens (tertiary/aromatic N) is 2. The quantitative estimate of drug-likeness (QED) is 0.805. The molecule has 2 N–H and O–H groups in total. The highest BCUT2D eigenvalue weighted by Gasteiger charge is 2.62. The maximum atomic E-state index is 14.3. The number of hydroxylamine groups is 2. The van der Waals surface area contributed by atoms with Crippen molar-refractivity contribution in [1.29, 1.82) is 0 Å². The van der Waals surface area contributed by atoms with Gasteiger partial charge in [-0.15, -0.1) is 0 Å². The molecule has 3 rings (SSSR count). The van der Waals surface area contributed by atoms with Gasteiger partial charge in [0, 0.05) is 23.4 Å². The Kier molecular flexibility index (Phi) is 3.76. The second-order valence-electron chi connectivity index (χ2n) is 5.91. The summed E-state index contributed by atoms with van der Waals surface area (Å²) < 4.78 is 56.5. The summed E-state index contributed by atoms with van der Waals surface area (Å²) in [4.78, 5) is 4.07. The minimum absolute atomic E-state index is 0.0524. The van der Waals surface area contributed by atoms with Gasteiger partial charge in [0.05, 0.1) is 5.69 Å². The molecule has 0 bridgehead atoms. The standard InChI is InChI=1S/C16H15F4N3O/c1-9(2)22-15(16(18,19)20)11-4-3-7-23(24)14(11)21-13-6-5-10(17)8-12(13)15/h3-9,22,24H,1-2H3. The van der Waals surface area contributed by atoms with Crippen molar-refractivity contribution in [2.45, 2.75) is 31.6 Å². The highest BCUT2D eigenvalue weighted by Crippen LogP contribution is 2.51. The second kappa shape index (κ2) is 5.42. The third kappa shape index (κ3) is 2.33. The van der Waals surface area contributed by atoms with Gasteiger partial charge in [-0.1, -0.05) is 6.08 Å². The molecular formula is C16H15F4N3O. The van der Waals surface area contributed by atoms with Crippen LogP contribution in [-0.2, 0) is 5.54 Å². The Hall–Kier alpha value is -2.19. The van der Waals surface area contributed by atoms with Crippen molar-refractivity contribution < 1.29 is 22.8 Å². The molecular weight excluding hydrogens is 326 g/mol. The molecule has 0 saturated heterocycles. The fourth-order valence-electron chi connectivity index (χ4n) is 3.03. The number of rotatable bonds is 2. The highest BCUT2D eigenvalue weighted by atomic mass is 19.4. The summed E-state index contributed by atoms with van der Waals surface area (Å²) >= 11 is 0. The third-order valence-corrected chi connectivity index (χ3v) is 3.87. The minimum Gasteiger partial charge on any atom is -0.294 e. The van der Waals surface area contributed by atoms with Crippen molar-refractivity contribution in [3.63, 3.8) is 0 Å². The Morgan fingerprint density at radius 3 is 2.62 bits per heavy atom. The molecule has 128 valence electrons. The van der Waals surface area contributed by atoms with Crippen LogP contribution in [0.2, 0.25) is 0 Å². The SMILES string of the molecule is CC(C)NC1(C(F)(F)F)C2=CC=CN(O)C2=Nc2ccc(F)cc21. The van der Waals surface area contributed by atoms with Crippen LogP contribution in [0.3, 0.4) is 0 Å². The number of hydrogen-bond acceptors (Lipinski definition) is 4. The zero-order chi connectivity index (χ0) is 17.7. The molecule has 0 amide bonds. The smallest absolute Gasteiger partial charge is 0.294 e. The van der Waals surface area contributed by atoms with Gasteiger partial charge >= 0.3 is 6.18 Å². The first-order valence-electron chi connectivity index (χ1n) is 7.27. The minimum atomic E-state index is -4.79. The number of fused-ring (bicyclic) bond motifs is 2. The monoisotopic (exact) mass is 341 g/mol. The summed E-state index contributed by atoms with van der Waals surface area (Å²) in [5.74, 6) is -1.04. The van der Waals surface area contributed by atoms with E-state index in [0.717, 1.165) is 12.1 Å². The van der Waals surface area contributed by atoms with Gasteiger partial charge in [-0.05, 0) is 38.1 Å². The van der Waals surface area contributed by atoms with Crippen LogP contribution in [-0.4, -0.2) is 28.3 Å². The average Bonchev–Trinajstić information content (AvgIpc) is 2.47. The van der Waals surface area contributed by atoms with E-state index in [0.29, 0.717) is 5.06 Å². The highest BCUT2D eigenvalue weighted by molar-refractivity contribution is 6.05. The molecule has 1 atom stereocenters. The largest absolute Gasteiger partial charge is 0.415 e. The van der Waals surface area contributed by atoms with Gasteiger partial charge < -0.3 is 0 Å². The molecule has 1 aromatic carbocycles. The van der Waals surface area contributed by atoms with Crippen LogP contribution in [0.25, 0.3) is 0 Å². The molecule has 0 radical (unpaired) electrons. The van der Waals surface area contributed by atoms with E-state index in [1.165, 1.54) is 24.4 Å². The molecule has 0 saturated carbocycles. The van der Waals surface area contributed by atoms with Crippen LogP contribution in [0.4, 0.5) is 23.2 Å². The predicted molar refractivity (Wildman–Crippen MR) is 80.3 cm³/mol. The molecule has 0 spiro atoms. The lowest BCUT2D eigenvalue weighted by atomic mass is 9.76. The first-order chi connectivity index (χ1) is 11.2. The zero-order valence-electron chi connectivity index (χ0n) is 12.9. The van der Waals surface area contributed by atoms with Crippen LogP contribution in [0, 0.1) is 5.82 Å². The van der Waals surface area contributed by atoms with E-state index in [1.54, 1.807) is 13.8 Å². The summed E-state index contributed by atoms with van der Waals surface area (Å²) in [5, 5.41) is 13.0.